The number of likely N-dealkylation sites (N-methyl/N-ethyl adjacent to an activating group) is 1. The smallest absolute Gasteiger partial charge is 0.196 e. The number of hydrogen-bond donors (Lipinski definition) is 5. The van der Waals surface area contributed by atoms with E-state index in [0.717, 1.165) is 68.4 Å². The highest BCUT2D eigenvalue weighted by molar-refractivity contribution is 8.76. The number of anilines is 1. The fourth-order valence-corrected chi connectivity index (χ4v) is 11.4. The molecule has 4 aliphatic rings. The topological polar surface area (TPSA) is 134 Å². The second-order valence-electron chi connectivity index (χ2n) is 15.6. The maximum Gasteiger partial charge on any atom is 0.196 e. The van der Waals surface area contributed by atoms with E-state index in [1.807, 2.05) is 43.5 Å². The van der Waals surface area contributed by atoms with Crippen molar-refractivity contribution in [2.45, 2.75) is 102 Å². The lowest BCUT2D eigenvalue weighted by atomic mass is 9.70. The molecule has 10 nitrogen and oxygen atoms in total. The molecular weight excluding hydrogens is 721 g/mol. The van der Waals surface area contributed by atoms with Crippen LogP contribution in [0.2, 0.25) is 0 Å². The molecule has 54 heavy (non-hydrogen) atoms. The SMILES string of the molecule is CN=C1NCSSCC2CCCC2(Cc2ccc(O)c(OC)c2)C(=O)C=CCCc2cc(c(O)c(OC3(CNC)CCC(CCOC4CCCC4)C3)c2)N1. The number of guanidine groups is 1. The highest BCUT2D eigenvalue weighted by Gasteiger charge is 2.47. The molecule has 0 amide bonds. The third kappa shape index (κ3) is 10.0. The summed E-state index contributed by atoms with van der Waals surface area (Å²) in [5.74, 6) is 3.94. The summed E-state index contributed by atoms with van der Waals surface area (Å²) in [6, 6.07) is 9.36. The van der Waals surface area contributed by atoms with Crippen molar-refractivity contribution in [3.8, 4) is 23.0 Å². The predicted octanol–water partition coefficient (Wildman–Crippen LogP) is 8.02. The molecule has 12 heteroatoms. The number of allylic oxidation sites excluding steroid dienone is 2. The van der Waals surface area contributed by atoms with Crippen molar-refractivity contribution < 1.29 is 29.2 Å². The molecule has 0 radical (unpaired) electrons. The van der Waals surface area contributed by atoms with E-state index < -0.39 is 11.0 Å². The van der Waals surface area contributed by atoms with Gasteiger partial charge in [0, 0.05) is 31.4 Å². The average molecular weight is 781 g/mol. The average Bonchev–Trinajstić information content (AvgIpc) is 3.93. The van der Waals surface area contributed by atoms with E-state index in [4.69, 9.17) is 14.2 Å². The van der Waals surface area contributed by atoms with Gasteiger partial charge in [0.05, 0.1) is 24.8 Å². The summed E-state index contributed by atoms with van der Waals surface area (Å²) < 4.78 is 18.5. The van der Waals surface area contributed by atoms with Gasteiger partial charge in [0.2, 0.25) is 0 Å². The number of aromatic hydroxyl groups is 2. The number of ketones is 1. The van der Waals surface area contributed by atoms with Gasteiger partial charge in [-0.2, -0.15) is 0 Å². The number of nitrogens with one attached hydrogen (secondary N) is 3. The number of rotatable bonds is 11. The van der Waals surface area contributed by atoms with Crippen molar-refractivity contribution in [3.63, 3.8) is 0 Å². The Morgan fingerprint density at radius 3 is 2.69 bits per heavy atom. The first-order valence-electron chi connectivity index (χ1n) is 19.9. The van der Waals surface area contributed by atoms with E-state index in [9.17, 15) is 15.0 Å². The Morgan fingerprint density at radius 1 is 1.04 bits per heavy atom. The third-order valence-corrected chi connectivity index (χ3v) is 14.2. The lowest BCUT2D eigenvalue weighted by Crippen LogP contribution is -2.42. The third-order valence-electron chi connectivity index (χ3n) is 12.0. The number of hydrogen-bond acceptors (Lipinski definition) is 10. The zero-order valence-corrected chi connectivity index (χ0v) is 33.9. The molecule has 2 aromatic carbocycles. The molecule has 0 spiro atoms. The number of nitrogens with zero attached hydrogens (tertiary/aromatic N) is 1. The largest absolute Gasteiger partial charge is 0.504 e. The Hall–Kier alpha value is -3.06. The molecule has 4 atom stereocenters. The summed E-state index contributed by atoms with van der Waals surface area (Å²) in [6.45, 7) is 1.48. The minimum Gasteiger partial charge on any atom is -0.504 e. The highest BCUT2D eigenvalue weighted by atomic mass is 33.1. The molecule has 1 heterocycles. The number of phenolic OH excluding ortho intramolecular Hbond substituents is 2. The molecule has 2 bridgehead atoms. The summed E-state index contributed by atoms with van der Waals surface area (Å²) >= 11 is 0. The van der Waals surface area contributed by atoms with Crippen LogP contribution in [0.4, 0.5) is 5.69 Å². The zero-order chi connectivity index (χ0) is 38.0. The maximum absolute atomic E-state index is 14.3. The van der Waals surface area contributed by atoms with Crippen LogP contribution in [0.1, 0.15) is 88.2 Å². The van der Waals surface area contributed by atoms with Crippen molar-refractivity contribution in [1.29, 1.82) is 0 Å². The van der Waals surface area contributed by atoms with Crippen molar-refractivity contribution in [2.24, 2.45) is 22.2 Å². The van der Waals surface area contributed by atoms with Gasteiger partial charge in [-0.25, -0.2) is 0 Å². The number of phenols is 2. The van der Waals surface area contributed by atoms with Gasteiger partial charge in [0.1, 0.15) is 5.60 Å². The van der Waals surface area contributed by atoms with E-state index in [1.54, 1.807) is 41.8 Å². The number of aliphatic imine (C=N–C) groups is 1. The van der Waals surface area contributed by atoms with Gasteiger partial charge in [-0.3, -0.25) is 9.79 Å². The summed E-state index contributed by atoms with van der Waals surface area (Å²) in [4.78, 5) is 18.8. The molecule has 2 aromatic rings. The summed E-state index contributed by atoms with van der Waals surface area (Å²) in [7, 11) is 8.70. The van der Waals surface area contributed by atoms with Crippen molar-refractivity contribution >= 4 is 39.0 Å². The van der Waals surface area contributed by atoms with Gasteiger partial charge in [-0.1, -0.05) is 53.0 Å². The summed E-state index contributed by atoms with van der Waals surface area (Å²) in [6.07, 6.45) is 17.8. The Kier molecular flexibility index (Phi) is 14.4. The molecule has 296 valence electrons. The Balaban J connectivity index is 1.22. The Bertz CT molecular complexity index is 1630. The molecule has 3 aliphatic carbocycles. The number of methoxy groups -OCH3 is 1. The quantitative estimate of drug-likeness (QED) is 0.112. The van der Waals surface area contributed by atoms with Crippen LogP contribution in [0.25, 0.3) is 0 Å². The van der Waals surface area contributed by atoms with Gasteiger partial charge in [0.15, 0.2) is 34.7 Å². The van der Waals surface area contributed by atoms with E-state index in [0.29, 0.717) is 66.9 Å². The van der Waals surface area contributed by atoms with Crippen LogP contribution in [0.15, 0.2) is 47.5 Å². The summed E-state index contributed by atoms with van der Waals surface area (Å²) in [5, 5.41) is 32.0. The number of fused-ring (bicyclic) bond motifs is 3. The van der Waals surface area contributed by atoms with Crippen molar-refractivity contribution in [2.75, 3.05) is 51.3 Å². The van der Waals surface area contributed by atoms with Crippen molar-refractivity contribution in [1.82, 2.24) is 10.6 Å². The molecule has 6 rings (SSSR count). The maximum atomic E-state index is 14.3. The van der Waals surface area contributed by atoms with Gasteiger partial charge < -0.3 is 40.4 Å². The lowest BCUT2D eigenvalue weighted by molar-refractivity contribution is -0.125. The van der Waals surface area contributed by atoms with Crippen LogP contribution >= 0.6 is 21.6 Å². The first kappa shape index (κ1) is 40.6. The van der Waals surface area contributed by atoms with E-state index in [1.165, 1.54) is 25.7 Å². The molecule has 0 aromatic heterocycles. The van der Waals surface area contributed by atoms with E-state index in [2.05, 4.69) is 20.9 Å². The first-order valence-corrected chi connectivity index (χ1v) is 22.4. The predicted molar refractivity (Wildman–Crippen MR) is 221 cm³/mol. The first-order chi connectivity index (χ1) is 26.3. The van der Waals surface area contributed by atoms with Crippen molar-refractivity contribution in [3.05, 3.63) is 53.6 Å². The van der Waals surface area contributed by atoms with Crippen LogP contribution in [-0.4, -0.2) is 79.6 Å². The highest BCUT2D eigenvalue weighted by Crippen LogP contribution is 2.50. The lowest BCUT2D eigenvalue weighted by Gasteiger charge is -2.33. The fraction of sp³-hybridized carbons (Fsp3) is 0.619. The van der Waals surface area contributed by atoms with Crippen LogP contribution in [0.3, 0.4) is 0 Å². The Morgan fingerprint density at radius 2 is 1.89 bits per heavy atom. The van der Waals surface area contributed by atoms with E-state index in [-0.39, 0.29) is 23.2 Å². The van der Waals surface area contributed by atoms with Gasteiger partial charge in [-0.15, -0.1) is 0 Å². The Labute approximate surface area is 329 Å². The van der Waals surface area contributed by atoms with Gasteiger partial charge in [-0.05, 0) is 131 Å². The molecule has 4 unspecified atom stereocenters. The zero-order valence-electron chi connectivity index (χ0n) is 32.3. The molecule has 0 saturated heterocycles. The summed E-state index contributed by atoms with van der Waals surface area (Å²) in [5.41, 5.74) is 1.56. The number of ether oxygens (including phenoxy) is 3. The van der Waals surface area contributed by atoms with Crippen LogP contribution in [-0.2, 0) is 22.4 Å². The fourth-order valence-electron chi connectivity index (χ4n) is 9.14. The molecule has 5 N–H and O–H groups in total. The second-order valence-corrected chi connectivity index (χ2v) is 18.1. The second kappa shape index (κ2) is 19.2. The molecular formula is C42H60N4O6S2. The van der Waals surface area contributed by atoms with Crippen LogP contribution in [0.5, 0.6) is 23.0 Å². The van der Waals surface area contributed by atoms with Gasteiger partial charge >= 0.3 is 0 Å². The molecule has 3 saturated carbocycles. The number of aryl methyl sites for hydroxylation is 1. The minimum absolute atomic E-state index is 0.0662. The molecule has 3 fully saturated rings. The van der Waals surface area contributed by atoms with Gasteiger partial charge in [0.25, 0.3) is 0 Å². The number of benzene rings is 2. The normalized spacial score (nSPS) is 27.7. The van der Waals surface area contributed by atoms with Crippen LogP contribution in [0, 0.1) is 17.3 Å². The van der Waals surface area contributed by atoms with Crippen LogP contribution < -0.4 is 25.4 Å². The monoisotopic (exact) mass is 780 g/mol. The molecule has 1 aliphatic heterocycles. The standard InChI is InChI=1S/C42H60N4O6S2/c1-43-27-41(19-16-29(24-41)17-20-51-33-11-5-6-12-33)52-37-22-30-9-4-7-13-38(48)42(25-31-14-15-35(47)36(23-31)50-3)18-8-10-32(42)26-53-54-28-45-40(44-2)46-34(21-30)39(37)49/h7,13-15,21-23,29,32-33,43,47,49H,4-6,8-12,16-20,24-28H2,1-3H3,(H2,44,45,46). The number of carbonyl (C=O) groups is 1. The van der Waals surface area contributed by atoms with E-state index >= 15 is 0 Å². The minimum atomic E-state index is -0.527. The number of carbonyl (C=O) groups excluding carboxylic acids is 1.